The Morgan fingerprint density at radius 3 is 2.42 bits per heavy atom. The molecule has 2 rings (SSSR count). The van der Waals surface area contributed by atoms with E-state index in [-0.39, 0.29) is 5.57 Å². The molecule has 1 N–H and O–H groups in total. The number of carbonyl (C=O) groups is 1. The van der Waals surface area contributed by atoms with Crippen molar-refractivity contribution < 1.29 is 24.1 Å². The molecule has 0 saturated carbocycles. The number of carboxylic acids is 1. The van der Waals surface area contributed by atoms with Crippen molar-refractivity contribution in [1.82, 2.24) is 0 Å². The molecule has 2 aromatic carbocycles. The highest BCUT2D eigenvalue weighted by Crippen LogP contribution is 2.35. The summed E-state index contributed by atoms with van der Waals surface area (Å²) in [7, 11) is 1.40. The molecule has 0 radical (unpaired) electrons. The number of aliphatic carboxylic acids is 1. The van der Waals surface area contributed by atoms with Gasteiger partial charge in [-0.15, -0.1) is 0 Å². The smallest absolute Gasteiger partial charge is 0.339 e. The van der Waals surface area contributed by atoms with E-state index in [2.05, 4.69) is 0 Å². The second-order valence-electron chi connectivity index (χ2n) is 4.98. The molecular formula is C19H20O5. The van der Waals surface area contributed by atoms with Gasteiger partial charge in [0.25, 0.3) is 0 Å². The topological polar surface area (TPSA) is 65.0 Å². The van der Waals surface area contributed by atoms with Crippen molar-refractivity contribution in [3.63, 3.8) is 0 Å². The van der Waals surface area contributed by atoms with E-state index in [0.29, 0.717) is 23.7 Å². The van der Waals surface area contributed by atoms with E-state index in [4.69, 9.17) is 14.2 Å². The Bertz CT molecular complexity index is 749. The summed E-state index contributed by atoms with van der Waals surface area (Å²) in [6.07, 6.45) is 1.19. The number of benzene rings is 2. The minimum atomic E-state index is -1.09. The van der Waals surface area contributed by atoms with Gasteiger partial charge in [-0.05, 0) is 32.0 Å². The van der Waals surface area contributed by atoms with Gasteiger partial charge in [-0.1, -0.05) is 24.3 Å². The molecule has 5 heteroatoms. The molecule has 0 amide bonds. The lowest BCUT2D eigenvalue weighted by molar-refractivity contribution is -0.130. The van der Waals surface area contributed by atoms with Crippen LogP contribution in [0.15, 0.2) is 48.7 Å². The van der Waals surface area contributed by atoms with Crippen molar-refractivity contribution in [2.75, 3.05) is 13.7 Å². The van der Waals surface area contributed by atoms with E-state index >= 15 is 0 Å². The lowest BCUT2D eigenvalue weighted by Crippen LogP contribution is -2.03. The van der Waals surface area contributed by atoms with Crippen LogP contribution in [-0.2, 0) is 9.53 Å². The molecule has 0 aromatic heterocycles. The Labute approximate surface area is 141 Å². The number of para-hydroxylation sites is 1. The number of carboxylic acid groups (broad SMARTS) is 1. The highest BCUT2D eigenvalue weighted by atomic mass is 16.5. The third-order valence-electron chi connectivity index (χ3n) is 3.40. The van der Waals surface area contributed by atoms with Crippen LogP contribution in [0.4, 0.5) is 0 Å². The Kier molecular flexibility index (Phi) is 5.84. The average Bonchev–Trinajstić information content (AvgIpc) is 2.57. The van der Waals surface area contributed by atoms with Crippen LogP contribution < -0.4 is 9.47 Å². The van der Waals surface area contributed by atoms with Gasteiger partial charge in [0.2, 0.25) is 0 Å². The van der Waals surface area contributed by atoms with Gasteiger partial charge in [-0.2, -0.15) is 0 Å². The molecule has 0 aliphatic heterocycles. The lowest BCUT2D eigenvalue weighted by Gasteiger charge is -2.15. The molecule has 0 heterocycles. The van der Waals surface area contributed by atoms with Crippen LogP contribution in [-0.4, -0.2) is 24.8 Å². The van der Waals surface area contributed by atoms with Crippen LogP contribution >= 0.6 is 0 Å². The van der Waals surface area contributed by atoms with Crippen LogP contribution in [0.1, 0.15) is 18.1 Å². The van der Waals surface area contributed by atoms with Gasteiger partial charge in [-0.3, -0.25) is 0 Å². The Morgan fingerprint density at radius 1 is 1.08 bits per heavy atom. The minimum Gasteiger partial charge on any atom is -0.503 e. The van der Waals surface area contributed by atoms with Crippen molar-refractivity contribution in [1.29, 1.82) is 0 Å². The molecule has 2 aromatic rings. The molecule has 0 fully saturated rings. The zero-order valence-corrected chi connectivity index (χ0v) is 13.9. The average molecular weight is 328 g/mol. The largest absolute Gasteiger partial charge is 0.503 e. The molecule has 0 spiro atoms. The number of hydrogen-bond donors (Lipinski definition) is 1. The molecule has 0 unspecified atom stereocenters. The van der Waals surface area contributed by atoms with Gasteiger partial charge in [0.1, 0.15) is 22.8 Å². The predicted molar refractivity (Wildman–Crippen MR) is 91.5 cm³/mol. The summed E-state index contributed by atoms with van der Waals surface area (Å²) in [5.74, 6) is 0.682. The summed E-state index contributed by atoms with van der Waals surface area (Å²) in [5.41, 5.74) is 1.31. The first kappa shape index (κ1) is 17.4. The monoisotopic (exact) mass is 328 g/mol. The quantitative estimate of drug-likeness (QED) is 0.608. The van der Waals surface area contributed by atoms with E-state index in [1.54, 1.807) is 24.3 Å². The first-order valence-corrected chi connectivity index (χ1v) is 7.54. The first-order valence-electron chi connectivity index (χ1n) is 7.54. The number of rotatable bonds is 7. The van der Waals surface area contributed by atoms with Crippen molar-refractivity contribution >= 4 is 11.5 Å². The van der Waals surface area contributed by atoms with Gasteiger partial charge in [-0.25, -0.2) is 4.79 Å². The normalized spacial score (nSPS) is 11.0. The second-order valence-corrected chi connectivity index (χ2v) is 4.98. The number of hydrogen-bond acceptors (Lipinski definition) is 4. The van der Waals surface area contributed by atoms with Crippen LogP contribution in [0.25, 0.3) is 5.57 Å². The van der Waals surface area contributed by atoms with Crippen LogP contribution in [0.3, 0.4) is 0 Å². The minimum absolute atomic E-state index is 0.0201. The molecule has 0 bridgehead atoms. The van der Waals surface area contributed by atoms with Gasteiger partial charge >= 0.3 is 5.97 Å². The number of methoxy groups -OCH3 is 1. The number of ether oxygens (including phenoxy) is 3. The SMILES string of the molecule is CCOc1cccc(Oc2ccccc2/C(=C\OC)C(=O)O)c1C. The highest BCUT2D eigenvalue weighted by Gasteiger charge is 2.17. The van der Waals surface area contributed by atoms with Crippen molar-refractivity contribution in [3.05, 3.63) is 59.9 Å². The molecular weight excluding hydrogens is 308 g/mol. The maximum atomic E-state index is 11.5. The second kappa shape index (κ2) is 8.06. The molecule has 24 heavy (non-hydrogen) atoms. The first-order chi connectivity index (χ1) is 11.6. The fourth-order valence-electron chi connectivity index (χ4n) is 2.26. The zero-order chi connectivity index (χ0) is 17.5. The fourth-order valence-corrected chi connectivity index (χ4v) is 2.26. The van der Waals surface area contributed by atoms with Crippen LogP contribution in [0.5, 0.6) is 17.2 Å². The Hall–Kier alpha value is -2.95. The molecule has 126 valence electrons. The van der Waals surface area contributed by atoms with E-state index in [0.717, 1.165) is 11.3 Å². The summed E-state index contributed by atoms with van der Waals surface area (Å²) in [6, 6.07) is 12.4. The van der Waals surface area contributed by atoms with Crippen LogP contribution in [0, 0.1) is 6.92 Å². The highest BCUT2D eigenvalue weighted by molar-refractivity contribution is 6.15. The van der Waals surface area contributed by atoms with Crippen molar-refractivity contribution in [2.24, 2.45) is 0 Å². The van der Waals surface area contributed by atoms with Gasteiger partial charge in [0.15, 0.2) is 0 Å². The van der Waals surface area contributed by atoms with Gasteiger partial charge in [0, 0.05) is 11.1 Å². The summed E-state index contributed by atoms with van der Waals surface area (Å²) in [5, 5.41) is 9.39. The van der Waals surface area contributed by atoms with Gasteiger partial charge < -0.3 is 19.3 Å². The molecule has 0 saturated heterocycles. The maximum absolute atomic E-state index is 11.5. The van der Waals surface area contributed by atoms with E-state index in [1.165, 1.54) is 13.4 Å². The predicted octanol–water partition coefficient (Wildman–Crippen LogP) is 4.26. The summed E-state index contributed by atoms with van der Waals surface area (Å²) in [4.78, 5) is 11.5. The van der Waals surface area contributed by atoms with E-state index in [1.807, 2.05) is 32.0 Å². The summed E-state index contributed by atoms with van der Waals surface area (Å²) in [6.45, 7) is 4.36. The molecule has 0 aliphatic carbocycles. The third kappa shape index (κ3) is 3.87. The molecule has 0 atom stereocenters. The van der Waals surface area contributed by atoms with Crippen molar-refractivity contribution in [3.8, 4) is 17.2 Å². The summed E-state index contributed by atoms with van der Waals surface area (Å²) >= 11 is 0. The lowest BCUT2D eigenvalue weighted by atomic mass is 10.1. The van der Waals surface area contributed by atoms with Gasteiger partial charge in [0.05, 0.1) is 20.0 Å². The zero-order valence-electron chi connectivity index (χ0n) is 13.9. The fraction of sp³-hybridized carbons (Fsp3) is 0.211. The Balaban J connectivity index is 2.43. The molecule has 0 aliphatic rings. The van der Waals surface area contributed by atoms with E-state index < -0.39 is 5.97 Å². The van der Waals surface area contributed by atoms with E-state index in [9.17, 15) is 9.90 Å². The van der Waals surface area contributed by atoms with Crippen molar-refractivity contribution in [2.45, 2.75) is 13.8 Å². The standard InChI is InChI=1S/C19H20O5/c1-4-23-16-10-7-11-17(13(16)2)24-18-9-6-5-8-14(18)15(12-22-3)19(20)21/h5-12H,4H2,1-3H3,(H,20,21)/b15-12+. The molecule has 5 nitrogen and oxygen atoms in total. The maximum Gasteiger partial charge on any atom is 0.339 e. The third-order valence-corrected chi connectivity index (χ3v) is 3.40. The Morgan fingerprint density at radius 2 is 1.75 bits per heavy atom. The summed E-state index contributed by atoms with van der Waals surface area (Å²) < 4.78 is 16.4. The van der Waals surface area contributed by atoms with Crippen LogP contribution in [0.2, 0.25) is 0 Å².